The summed E-state index contributed by atoms with van der Waals surface area (Å²) in [5, 5.41) is 10.2. The molecule has 0 fully saturated rings. The molecule has 1 N–H and O–H groups in total. The molecule has 0 heterocycles. The Kier molecular flexibility index (Phi) is 4.23. The summed E-state index contributed by atoms with van der Waals surface area (Å²) >= 11 is 15.0. The van der Waals surface area contributed by atoms with Gasteiger partial charge in [0.05, 0.1) is 6.42 Å². The zero-order chi connectivity index (χ0) is 10.7. The van der Waals surface area contributed by atoms with Crippen LogP contribution in [-0.4, -0.2) is 11.1 Å². The summed E-state index contributed by atoms with van der Waals surface area (Å²) in [4.78, 5) is 10.5. The molecule has 0 spiro atoms. The van der Waals surface area contributed by atoms with Crippen LogP contribution in [-0.2, 0) is 16.5 Å². The first-order valence-electron chi connectivity index (χ1n) is 3.79. The maximum Gasteiger partial charge on any atom is 0.307 e. The lowest BCUT2D eigenvalue weighted by atomic mass is 10.1. The molecule has 0 saturated carbocycles. The van der Waals surface area contributed by atoms with E-state index in [1.165, 1.54) is 0 Å². The molecular weight excluding hydrogens is 291 g/mol. The molecule has 2 nitrogen and oxygen atoms in total. The lowest BCUT2D eigenvalue weighted by molar-refractivity contribution is -0.136. The Balaban J connectivity index is 3.08. The van der Waals surface area contributed by atoms with Crippen LogP contribution in [0.5, 0.6) is 0 Å². The summed E-state index contributed by atoms with van der Waals surface area (Å²) in [6.45, 7) is 0. The molecule has 0 saturated heterocycles. The van der Waals surface area contributed by atoms with Crippen LogP contribution in [0.25, 0.3) is 0 Å². The van der Waals surface area contributed by atoms with Crippen molar-refractivity contribution in [3.05, 3.63) is 33.3 Å². The largest absolute Gasteiger partial charge is 0.481 e. The molecule has 0 amide bonds. The van der Waals surface area contributed by atoms with Crippen LogP contribution in [0.4, 0.5) is 0 Å². The van der Waals surface area contributed by atoms with E-state index in [0.717, 1.165) is 5.56 Å². The predicted molar refractivity (Wildman–Crippen MR) is 60.4 cm³/mol. The molecule has 0 unspecified atom stereocenters. The highest BCUT2D eigenvalue weighted by Crippen LogP contribution is 2.27. The molecular formula is C9H7BrCl2O2. The van der Waals surface area contributed by atoms with Crippen molar-refractivity contribution in [3.63, 3.8) is 0 Å². The first kappa shape index (κ1) is 11.8. The average Bonchev–Trinajstić information content (AvgIpc) is 2.10. The van der Waals surface area contributed by atoms with Crippen LogP contribution in [0.3, 0.4) is 0 Å². The van der Waals surface area contributed by atoms with E-state index < -0.39 is 5.97 Å². The Morgan fingerprint density at radius 1 is 1.29 bits per heavy atom. The van der Waals surface area contributed by atoms with Crippen LogP contribution in [0.15, 0.2) is 12.1 Å². The van der Waals surface area contributed by atoms with E-state index in [9.17, 15) is 4.79 Å². The van der Waals surface area contributed by atoms with Crippen LogP contribution in [0, 0.1) is 0 Å². The van der Waals surface area contributed by atoms with Crippen LogP contribution in [0.2, 0.25) is 10.0 Å². The maximum absolute atomic E-state index is 10.5. The van der Waals surface area contributed by atoms with Crippen LogP contribution < -0.4 is 0 Å². The van der Waals surface area contributed by atoms with Gasteiger partial charge in [0.1, 0.15) is 0 Å². The maximum atomic E-state index is 10.5. The highest BCUT2D eigenvalue weighted by atomic mass is 79.9. The lowest BCUT2D eigenvalue weighted by Gasteiger charge is -2.05. The second-order valence-corrected chi connectivity index (χ2v) is 4.11. The van der Waals surface area contributed by atoms with Gasteiger partial charge in [-0.15, -0.1) is 0 Å². The minimum Gasteiger partial charge on any atom is -0.481 e. The molecule has 14 heavy (non-hydrogen) atoms. The molecule has 1 aromatic carbocycles. The molecule has 5 heteroatoms. The van der Waals surface area contributed by atoms with Crippen LogP contribution >= 0.6 is 39.1 Å². The molecule has 1 aromatic rings. The number of alkyl halides is 1. The van der Waals surface area contributed by atoms with E-state index >= 15 is 0 Å². The quantitative estimate of drug-likeness (QED) is 0.867. The summed E-state index contributed by atoms with van der Waals surface area (Å²) in [7, 11) is 0. The minimum atomic E-state index is -0.922. The zero-order valence-corrected chi connectivity index (χ0v) is 10.2. The third kappa shape index (κ3) is 2.87. The molecule has 0 aliphatic heterocycles. The average molecular weight is 298 g/mol. The molecule has 0 aliphatic carbocycles. The van der Waals surface area contributed by atoms with Gasteiger partial charge in [-0.2, -0.15) is 0 Å². The lowest BCUT2D eigenvalue weighted by Crippen LogP contribution is -2.01. The first-order chi connectivity index (χ1) is 6.54. The fourth-order valence-electron chi connectivity index (χ4n) is 1.03. The highest BCUT2D eigenvalue weighted by molar-refractivity contribution is 9.08. The Labute approximate surface area is 100.0 Å². The number of rotatable bonds is 3. The summed E-state index contributed by atoms with van der Waals surface area (Å²) in [6, 6.07) is 3.27. The monoisotopic (exact) mass is 296 g/mol. The van der Waals surface area contributed by atoms with E-state index in [0.29, 0.717) is 20.9 Å². The van der Waals surface area contributed by atoms with Crippen molar-refractivity contribution < 1.29 is 9.90 Å². The molecule has 1 rings (SSSR count). The topological polar surface area (TPSA) is 37.3 Å². The van der Waals surface area contributed by atoms with Gasteiger partial charge < -0.3 is 5.11 Å². The molecule has 0 aromatic heterocycles. The van der Waals surface area contributed by atoms with Crippen molar-refractivity contribution in [2.75, 3.05) is 0 Å². The SMILES string of the molecule is O=C(O)Cc1cc(Cl)c(CBr)cc1Cl. The van der Waals surface area contributed by atoms with E-state index in [1.54, 1.807) is 12.1 Å². The summed E-state index contributed by atoms with van der Waals surface area (Å²) in [6.07, 6.45) is -0.110. The van der Waals surface area contributed by atoms with Gasteiger partial charge in [-0.1, -0.05) is 39.1 Å². The van der Waals surface area contributed by atoms with E-state index in [4.69, 9.17) is 28.3 Å². The van der Waals surface area contributed by atoms with E-state index in [2.05, 4.69) is 15.9 Å². The number of benzene rings is 1. The number of hydrogen-bond acceptors (Lipinski definition) is 1. The van der Waals surface area contributed by atoms with Crippen molar-refractivity contribution in [2.45, 2.75) is 11.8 Å². The van der Waals surface area contributed by atoms with Crippen molar-refractivity contribution in [1.29, 1.82) is 0 Å². The van der Waals surface area contributed by atoms with Gasteiger partial charge in [-0.25, -0.2) is 0 Å². The number of carboxylic acid groups (broad SMARTS) is 1. The smallest absolute Gasteiger partial charge is 0.307 e. The second-order valence-electron chi connectivity index (χ2n) is 2.74. The zero-order valence-electron chi connectivity index (χ0n) is 7.06. The minimum absolute atomic E-state index is 0.110. The fraction of sp³-hybridized carbons (Fsp3) is 0.222. The standard InChI is InChI=1S/C9H7BrCl2O2/c10-4-6-2-7(11)5(1-8(6)12)3-9(13)14/h1-2H,3-4H2,(H,13,14). The van der Waals surface area contributed by atoms with E-state index in [-0.39, 0.29) is 6.42 Å². The third-order valence-corrected chi connectivity index (χ3v) is 3.01. The first-order valence-corrected chi connectivity index (χ1v) is 5.67. The Bertz CT molecular complexity index is 366. The van der Waals surface area contributed by atoms with Gasteiger partial charge in [-0.05, 0) is 23.3 Å². The van der Waals surface area contributed by atoms with Gasteiger partial charge >= 0.3 is 5.97 Å². The van der Waals surface area contributed by atoms with E-state index in [1.807, 2.05) is 0 Å². The number of hydrogen-bond donors (Lipinski definition) is 1. The van der Waals surface area contributed by atoms with Gasteiger partial charge in [0.2, 0.25) is 0 Å². The summed E-state index contributed by atoms with van der Waals surface area (Å²) < 4.78 is 0. The fourth-order valence-corrected chi connectivity index (χ4v) is 2.16. The number of carboxylic acids is 1. The Morgan fingerprint density at radius 3 is 2.29 bits per heavy atom. The van der Waals surface area contributed by atoms with Crippen molar-refractivity contribution in [2.24, 2.45) is 0 Å². The van der Waals surface area contributed by atoms with Crippen molar-refractivity contribution in [1.82, 2.24) is 0 Å². The Morgan fingerprint density at radius 2 is 1.79 bits per heavy atom. The number of aliphatic carboxylic acids is 1. The Hall–Kier alpha value is -0.250. The molecule has 0 aliphatic rings. The predicted octanol–water partition coefficient (Wildman–Crippen LogP) is 3.52. The van der Waals surface area contributed by atoms with Gasteiger partial charge in [0.15, 0.2) is 0 Å². The van der Waals surface area contributed by atoms with Gasteiger partial charge in [0.25, 0.3) is 0 Å². The third-order valence-electron chi connectivity index (χ3n) is 1.70. The number of carbonyl (C=O) groups is 1. The van der Waals surface area contributed by atoms with Gasteiger partial charge in [-0.3, -0.25) is 4.79 Å². The molecule has 76 valence electrons. The normalized spacial score (nSPS) is 10.2. The summed E-state index contributed by atoms with van der Waals surface area (Å²) in [5.41, 5.74) is 1.39. The molecule has 0 bridgehead atoms. The van der Waals surface area contributed by atoms with Gasteiger partial charge in [0, 0.05) is 15.4 Å². The molecule has 0 atom stereocenters. The highest BCUT2D eigenvalue weighted by Gasteiger charge is 2.09. The van der Waals surface area contributed by atoms with Crippen LogP contribution in [0.1, 0.15) is 11.1 Å². The van der Waals surface area contributed by atoms with Crippen molar-refractivity contribution in [3.8, 4) is 0 Å². The second kappa shape index (κ2) is 5.01. The summed E-state index contributed by atoms with van der Waals surface area (Å²) in [5.74, 6) is -0.922. The molecule has 0 radical (unpaired) electrons. The number of halogens is 3. The van der Waals surface area contributed by atoms with Crippen molar-refractivity contribution >= 4 is 45.1 Å².